The highest BCUT2D eigenvalue weighted by Crippen LogP contribution is 2.29. The summed E-state index contributed by atoms with van der Waals surface area (Å²) in [6.07, 6.45) is 1.41. The number of benzene rings is 2. The van der Waals surface area contributed by atoms with Gasteiger partial charge in [0.15, 0.2) is 0 Å². The molecular weight excluding hydrogens is 337 g/mol. The Labute approximate surface area is 150 Å². The van der Waals surface area contributed by atoms with Crippen LogP contribution < -0.4 is 5.06 Å². The molecule has 5 nitrogen and oxygen atoms in total. The Bertz CT molecular complexity index is 831. The van der Waals surface area contributed by atoms with Crippen LogP contribution in [0.15, 0.2) is 65.7 Å². The standard InChI is InChI=1S/C20H18FNO4/c21-15-11-9-14(10-12-15)13-26-22(16-5-2-1-3-6-16)19(23)17-7-4-8-18(17)20(24)25/h1-3,5-6,9-12H,4,7-8,13H2,(H,24,25). The minimum atomic E-state index is -1.07. The lowest BCUT2D eigenvalue weighted by Crippen LogP contribution is -2.32. The molecular formula is C20H18FNO4. The number of carboxylic acid groups (broad SMARTS) is 1. The van der Waals surface area contributed by atoms with Gasteiger partial charge >= 0.3 is 5.97 Å². The molecule has 6 heteroatoms. The van der Waals surface area contributed by atoms with Gasteiger partial charge in [0, 0.05) is 11.1 Å². The zero-order valence-electron chi connectivity index (χ0n) is 14.0. The Balaban J connectivity index is 1.86. The average molecular weight is 355 g/mol. The summed E-state index contributed by atoms with van der Waals surface area (Å²) in [5.41, 5.74) is 1.60. The van der Waals surface area contributed by atoms with Gasteiger partial charge in [-0.05, 0) is 49.1 Å². The summed E-state index contributed by atoms with van der Waals surface area (Å²) < 4.78 is 13.0. The van der Waals surface area contributed by atoms with Crippen molar-refractivity contribution in [3.63, 3.8) is 0 Å². The largest absolute Gasteiger partial charge is 0.478 e. The lowest BCUT2D eigenvalue weighted by molar-refractivity contribution is -0.133. The molecule has 0 saturated carbocycles. The summed E-state index contributed by atoms with van der Waals surface area (Å²) in [6, 6.07) is 14.5. The lowest BCUT2D eigenvalue weighted by atomic mass is 10.1. The SMILES string of the molecule is O=C(O)C1=C(C(=O)N(OCc2ccc(F)cc2)c2ccccc2)CCC1. The first kappa shape index (κ1) is 17.8. The second-order valence-electron chi connectivity index (χ2n) is 5.95. The molecule has 1 amide bonds. The van der Waals surface area contributed by atoms with E-state index in [-0.39, 0.29) is 23.6 Å². The van der Waals surface area contributed by atoms with Gasteiger partial charge < -0.3 is 5.11 Å². The molecule has 0 aromatic heterocycles. The van der Waals surface area contributed by atoms with Gasteiger partial charge in [-0.2, -0.15) is 5.06 Å². The van der Waals surface area contributed by atoms with Gasteiger partial charge in [0.05, 0.1) is 5.69 Å². The van der Waals surface area contributed by atoms with Crippen molar-refractivity contribution in [2.45, 2.75) is 25.9 Å². The van der Waals surface area contributed by atoms with Crippen LogP contribution in [0.1, 0.15) is 24.8 Å². The lowest BCUT2D eigenvalue weighted by Gasteiger charge is -2.23. The number of carbonyl (C=O) groups excluding carboxylic acids is 1. The first-order valence-electron chi connectivity index (χ1n) is 8.28. The maximum atomic E-state index is 13.0. The Morgan fingerprint density at radius 2 is 1.65 bits per heavy atom. The number of carboxylic acids is 1. The highest BCUT2D eigenvalue weighted by molar-refractivity contribution is 6.09. The molecule has 2 aromatic rings. The van der Waals surface area contributed by atoms with Crippen LogP contribution in [0.3, 0.4) is 0 Å². The number of anilines is 1. The first-order chi connectivity index (χ1) is 12.6. The number of rotatable bonds is 6. The maximum absolute atomic E-state index is 13.0. The molecule has 1 aliphatic carbocycles. The van der Waals surface area contributed by atoms with Gasteiger partial charge in [0.1, 0.15) is 12.4 Å². The number of amides is 1. The molecule has 0 spiro atoms. The predicted molar refractivity (Wildman–Crippen MR) is 93.6 cm³/mol. The van der Waals surface area contributed by atoms with Crippen molar-refractivity contribution in [2.24, 2.45) is 0 Å². The summed E-state index contributed by atoms with van der Waals surface area (Å²) in [6.45, 7) is 0.0522. The molecule has 0 atom stereocenters. The Morgan fingerprint density at radius 1 is 1.00 bits per heavy atom. The van der Waals surface area contributed by atoms with E-state index in [0.29, 0.717) is 30.5 Å². The summed E-state index contributed by atoms with van der Waals surface area (Å²) in [4.78, 5) is 30.0. The monoisotopic (exact) mass is 355 g/mol. The van der Waals surface area contributed by atoms with E-state index in [1.807, 2.05) is 6.07 Å². The van der Waals surface area contributed by atoms with Crippen molar-refractivity contribution in [1.82, 2.24) is 0 Å². The van der Waals surface area contributed by atoms with Crippen LogP contribution in [0.2, 0.25) is 0 Å². The molecule has 0 fully saturated rings. The van der Waals surface area contributed by atoms with Gasteiger partial charge in [-0.15, -0.1) is 0 Å². The van der Waals surface area contributed by atoms with Gasteiger partial charge in [0.25, 0.3) is 5.91 Å². The number of aliphatic carboxylic acids is 1. The van der Waals surface area contributed by atoms with Crippen LogP contribution in [0.5, 0.6) is 0 Å². The molecule has 0 aliphatic heterocycles. The fourth-order valence-electron chi connectivity index (χ4n) is 2.87. The molecule has 0 heterocycles. The van der Waals surface area contributed by atoms with Crippen LogP contribution in [-0.4, -0.2) is 17.0 Å². The van der Waals surface area contributed by atoms with E-state index in [2.05, 4.69) is 0 Å². The van der Waals surface area contributed by atoms with Gasteiger partial charge in [-0.3, -0.25) is 9.63 Å². The summed E-state index contributed by atoms with van der Waals surface area (Å²) in [5.74, 6) is -1.91. The Hall–Kier alpha value is -2.99. The Morgan fingerprint density at radius 3 is 2.31 bits per heavy atom. The van der Waals surface area contributed by atoms with Crippen molar-refractivity contribution >= 4 is 17.6 Å². The quantitative estimate of drug-likeness (QED) is 0.799. The normalized spacial score (nSPS) is 13.7. The molecule has 0 bridgehead atoms. The van der Waals surface area contributed by atoms with E-state index in [4.69, 9.17) is 4.84 Å². The average Bonchev–Trinajstić information content (AvgIpc) is 3.14. The third-order valence-corrected chi connectivity index (χ3v) is 4.18. The fraction of sp³-hybridized carbons (Fsp3) is 0.200. The molecule has 0 unspecified atom stereocenters. The van der Waals surface area contributed by atoms with E-state index in [1.165, 1.54) is 12.1 Å². The van der Waals surface area contributed by atoms with Crippen LogP contribution in [-0.2, 0) is 21.0 Å². The third-order valence-electron chi connectivity index (χ3n) is 4.18. The highest BCUT2D eigenvalue weighted by atomic mass is 19.1. The molecule has 3 rings (SSSR count). The van der Waals surface area contributed by atoms with Crippen molar-refractivity contribution < 1.29 is 23.9 Å². The minimum absolute atomic E-state index is 0.0522. The maximum Gasteiger partial charge on any atom is 0.332 e. The first-order valence-corrected chi connectivity index (χ1v) is 8.28. The van der Waals surface area contributed by atoms with Crippen LogP contribution >= 0.6 is 0 Å². The molecule has 2 aromatic carbocycles. The molecule has 134 valence electrons. The fourth-order valence-corrected chi connectivity index (χ4v) is 2.87. The van der Waals surface area contributed by atoms with Crippen LogP contribution in [0.4, 0.5) is 10.1 Å². The van der Waals surface area contributed by atoms with Crippen LogP contribution in [0, 0.1) is 5.82 Å². The zero-order valence-corrected chi connectivity index (χ0v) is 14.0. The molecule has 0 saturated heterocycles. The molecule has 1 aliphatic rings. The number of para-hydroxylation sites is 1. The number of hydrogen-bond donors (Lipinski definition) is 1. The van der Waals surface area contributed by atoms with E-state index < -0.39 is 11.9 Å². The van der Waals surface area contributed by atoms with Crippen molar-refractivity contribution in [1.29, 1.82) is 0 Å². The highest BCUT2D eigenvalue weighted by Gasteiger charge is 2.30. The second kappa shape index (κ2) is 7.93. The summed E-state index contributed by atoms with van der Waals surface area (Å²) in [5, 5.41) is 10.4. The predicted octanol–water partition coefficient (Wildman–Crippen LogP) is 3.86. The smallest absolute Gasteiger partial charge is 0.332 e. The second-order valence-corrected chi connectivity index (χ2v) is 5.95. The van der Waals surface area contributed by atoms with E-state index in [1.54, 1.807) is 36.4 Å². The number of hydrogen-bond acceptors (Lipinski definition) is 3. The van der Waals surface area contributed by atoms with Crippen LogP contribution in [0.25, 0.3) is 0 Å². The minimum Gasteiger partial charge on any atom is -0.478 e. The number of nitrogens with zero attached hydrogens (tertiary/aromatic N) is 1. The zero-order chi connectivity index (χ0) is 18.5. The number of hydroxylamine groups is 1. The van der Waals surface area contributed by atoms with Crippen molar-refractivity contribution in [3.8, 4) is 0 Å². The van der Waals surface area contributed by atoms with Crippen molar-refractivity contribution in [2.75, 3.05) is 5.06 Å². The summed E-state index contributed by atoms with van der Waals surface area (Å²) >= 11 is 0. The topological polar surface area (TPSA) is 66.8 Å². The van der Waals surface area contributed by atoms with E-state index in [9.17, 15) is 19.1 Å². The van der Waals surface area contributed by atoms with E-state index in [0.717, 1.165) is 5.06 Å². The van der Waals surface area contributed by atoms with Crippen molar-refractivity contribution in [3.05, 3.63) is 77.1 Å². The van der Waals surface area contributed by atoms with Gasteiger partial charge in [-0.25, -0.2) is 9.18 Å². The molecule has 0 radical (unpaired) electrons. The van der Waals surface area contributed by atoms with Gasteiger partial charge in [-0.1, -0.05) is 30.3 Å². The Kier molecular flexibility index (Phi) is 5.43. The van der Waals surface area contributed by atoms with Gasteiger partial charge in [0.2, 0.25) is 0 Å². The third kappa shape index (κ3) is 3.97. The molecule has 1 N–H and O–H groups in total. The summed E-state index contributed by atoms with van der Waals surface area (Å²) in [7, 11) is 0. The molecule has 26 heavy (non-hydrogen) atoms. The number of halogens is 1. The van der Waals surface area contributed by atoms with E-state index >= 15 is 0 Å². The number of carbonyl (C=O) groups is 2.